The van der Waals surface area contributed by atoms with E-state index in [-0.39, 0.29) is 4.92 Å². The number of nitro groups is 1. The first-order valence-electron chi connectivity index (χ1n) is 8.51. The van der Waals surface area contributed by atoms with E-state index < -0.39 is 0 Å². The van der Waals surface area contributed by atoms with Gasteiger partial charge in [0.1, 0.15) is 0 Å². The monoisotopic (exact) mass is 297 g/mol. The Balaban J connectivity index is 1.60. The molecule has 4 aliphatic carbocycles. The summed E-state index contributed by atoms with van der Waals surface area (Å²) in [6, 6.07) is 8.22. The molecule has 4 fully saturated rings. The van der Waals surface area contributed by atoms with E-state index in [1.54, 1.807) is 6.08 Å². The van der Waals surface area contributed by atoms with Crippen LogP contribution >= 0.6 is 0 Å². The third-order valence-corrected chi connectivity index (χ3v) is 6.16. The standard InChI is InChI=1S/C19H23NO2/c21-20(22)6-5-17-3-1-2-4-18(17)13-19-10-14-7-15(11-19)9-16(8-14)12-19/h1-6,14-16H,7-13H2. The third kappa shape index (κ3) is 2.57. The first kappa shape index (κ1) is 14.0. The Morgan fingerprint density at radius 3 is 2.27 bits per heavy atom. The van der Waals surface area contributed by atoms with Gasteiger partial charge >= 0.3 is 0 Å². The van der Waals surface area contributed by atoms with Crippen molar-refractivity contribution < 1.29 is 4.92 Å². The molecule has 22 heavy (non-hydrogen) atoms. The maximum absolute atomic E-state index is 10.6. The van der Waals surface area contributed by atoms with Crippen molar-refractivity contribution >= 4 is 6.08 Å². The van der Waals surface area contributed by atoms with Gasteiger partial charge in [0.15, 0.2) is 0 Å². The van der Waals surface area contributed by atoms with Crippen molar-refractivity contribution in [3.05, 3.63) is 51.7 Å². The van der Waals surface area contributed by atoms with Gasteiger partial charge in [0.2, 0.25) is 6.20 Å². The van der Waals surface area contributed by atoms with Gasteiger partial charge in [-0.3, -0.25) is 10.1 Å². The number of nitrogens with zero attached hydrogens (tertiary/aromatic N) is 1. The van der Waals surface area contributed by atoms with Crippen molar-refractivity contribution in [2.24, 2.45) is 23.2 Å². The number of rotatable bonds is 4. The van der Waals surface area contributed by atoms with Crippen LogP contribution in [0.25, 0.3) is 6.08 Å². The summed E-state index contributed by atoms with van der Waals surface area (Å²) < 4.78 is 0. The van der Waals surface area contributed by atoms with E-state index in [9.17, 15) is 10.1 Å². The lowest BCUT2D eigenvalue weighted by molar-refractivity contribution is -0.400. The third-order valence-electron chi connectivity index (χ3n) is 6.16. The van der Waals surface area contributed by atoms with Crippen LogP contribution in [0.3, 0.4) is 0 Å². The average molecular weight is 297 g/mol. The SMILES string of the molecule is O=[N+]([O-])C=Cc1ccccc1CC12CC3CC(CC(C3)C1)C2. The van der Waals surface area contributed by atoms with Crippen LogP contribution in [0.15, 0.2) is 30.5 Å². The fourth-order valence-electron chi connectivity index (χ4n) is 5.91. The molecule has 1 aromatic carbocycles. The summed E-state index contributed by atoms with van der Waals surface area (Å²) in [5.41, 5.74) is 2.80. The lowest BCUT2D eigenvalue weighted by Gasteiger charge is -2.57. The molecule has 4 saturated carbocycles. The van der Waals surface area contributed by atoms with Crippen LogP contribution in [0.4, 0.5) is 0 Å². The first-order chi connectivity index (χ1) is 10.6. The summed E-state index contributed by atoms with van der Waals surface area (Å²) in [4.78, 5) is 10.2. The fourth-order valence-corrected chi connectivity index (χ4v) is 5.91. The van der Waals surface area contributed by atoms with E-state index in [1.807, 2.05) is 12.1 Å². The maximum Gasteiger partial charge on any atom is 0.235 e. The smallest absolute Gasteiger partial charge is 0.235 e. The molecular weight excluding hydrogens is 274 g/mol. The molecule has 0 atom stereocenters. The molecule has 0 radical (unpaired) electrons. The molecule has 5 rings (SSSR count). The molecule has 3 heteroatoms. The quantitative estimate of drug-likeness (QED) is 0.597. The molecule has 116 valence electrons. The number of hydrogen-bond donors (Lipinski definition) is 0. The molecule has 3 nitrogen and oxygen atoms in total. The van der Waals surface area contributed by atoms with Crippen LogP contribution in [-0.4, -0.2) is 4.92 Å². The van der Waals surface area contributed by atoms with Gasteiger partial charge in [-0.25, -0.2) is 0 Å². The highest BCUT2D eigenvalue weighted by Gasteiger charge is 2.50. The molecule has 4 bridgehead atoms. The normalized spacial score (nSPS) is 36.1. The van der Waals surface area contributed by atoms with Crippen molar-refractivity contribution in [1.82, 2.24) is 0 Å². The maximum atomic E-state index is 10.6. The number of benzene rings is 1. The minimum Gasteiger partial charge on any atom is -0.259 e. The zero-order valence-corrected chi connectivity index (χ0v) is 12.9. The Morgan fingerprint density at radius 1 is 1.09 bits per heavy atom. The van der Waals surface area contributed by atoms with Gasteiger partial charge in [-0.2, -0.15) is 0 Å². The van der Waals surface area contributed by atoms with E-state index in [2.05, 4.69) is 12.1 Å². The van der Waals surface area contributed by atoms with Crippen LogP contribution in [0.1, 0.15) is 49.7 Å². The van der Waals surface area contributed by atoms with Crippen LogP contribution in [0.5, 0.6) is 0 Å². The molecule has 0 aliphatic heterocycles. The lowest BCUT2D eigenvalue weighted by Crippen LogP contribution is -2.47. The molecule has 0 amide bonds. The molecule has 0 saturated heterocycles. The summed E-state index contributed by atoms with van der Waals surface area (Å²) in [5, 5.41) is 10.6. The van der Waals surface area contributed by atoms with E-state index in [4.69, 9.17) is 0 Å². The summed E-state index contributed by atoms with van der Waals surface area (Å²) in [6.07, 6.45) is 12.4. The van der Waals surface area contributed by atoms with E-state index in [0.717, 1.165) is 35.9 Å². The van der Waals surface area contributed by atoms with Crippen molar-refractivity contribution in [2.75, 3.05) is 0 Å². The Kier molecular flexibility index (Phi) is 3.32. The van der Waals surface area contributed by atoms with Crippen LogP contribution in [0, 0.1) is 33.3 Å². The largest absolute Gasteiger partial charge is 0.259 e. The van der Waals surface area contributed by atoms with Crippen LogP contribution in [0.2, 0.25) is 0 Å². The summed E-state index contributed by atoms with van der Waals surface area (Å²) in [7, 11) is 0. The van der Waals surface area contributed by atoms with Crippen molar-refractivity contribution in [3.8, 4) is 0 Å². The van der Waals surface area contributed by atoms with Crippen LogP contribution in [-0.2, 0) is 6.42 Å². The van der Waals surface area contributed by atoms with Gasteiger partial charge in [-0.05, 0) is 79.2 Å². The van der Waals surface area contributed by atoms with E-state index in [0.29, 0.717) is 5.41 Å². The summed E-state index contributed by atoms with van der Waals surface area (Å²) >= 11 is 0. The topological polar surface area (TPSA) is 43.1 Å². The predicted octanol–water partition coefficient (Wildman–Crippen LogP) is 4.69. The van der Waals surface area contributed by atoms with E-state index in [1.165, 1.54) is 44.1 Å². The van der Waals surface area contributed by atoms with Gasteiger partial charge in [0.05, 0.1) is 4.92 Å². The molecule has 1 aromatic rings. The fraction of sp³-hybridized carbons (Fsp3) is 0.579. The molecule has 0 heterocycles. The Hall–Kier alpha value is -1.64. The molecule has 4 aliphatic rings. The second kappa shape index (κ2) is 5.22. The highest BCUT2D eigenvalue weighted by molar-refractivity contribution is 5.53. The number of hydrogen-bond acceptors (Lipinski definition) is 2. The molecule has 0 unspecified atom stereocenters. The highest BCUT2D eigenvalue weighted by Crippen LogP contribution is 2.61. The molecule has 0 spiro atoms. The van der Waals surface area contributed by atoms with Gasteiger partial charge in [-0.1, -0.05) is 24.3 Å². The lowest BCUT2D eigenvalue weighted by atomic mass is 9.48. The second-order valence-electron chi connectivity index (χ2n) is 7.89. The Bertz CT molecular complexity index is 584. The zero-order valence-electron chi connectivity index (χ0n) is 12.9. The van der Waals surface area contributed by atoms with Crippen LogP contribution < -0.4 is 0 Å². The second-order valence-corrected chi connectivity index (χ2v) is 7.89. The highest BCUT2D eigenvalue weighted by atomic mass is 16.6. The molecular formula is C19H23NO2. The Labute approximate surface area is 131 Å². The van der Waals surface area contributed by atoms with E-state index >= 15 is 0 Å². The average Bonchev–Trinajstić information content (AvgIpc) is 2.44. The molecule has 0 aromatic heterocycles. The van der Waals surface area contributed by atoms with Crippen molar-refractivity contribution in [1.29, 1.82) is 0 Å². The summed E-state index contributed by atoms with van der Waals surface area (Å²) in [5.74, 6) is 2.85. The summed E-state index contributed by atoms with van der Waals surface area (Å²) in [6.45, 7) is 0. The minimum absolute atomic E-state index is 0.374. The minimum atomic E-state index is -0.374. The zero-order chi connectivity index (χ0) is 15.2. The first-order valence-corrected chi connectivity index (χ1v) is 8.51. The van der Waals surface area contributed by atoms with Crippen molar-refractivity contribution in [2.45, 2.75) is 44.9 Å². The Morgan fingerprint density at radius 2 is 1.68 bits per heavy atom. The van der Waals surface area contributed by atoms with Gasteiger partial charge in [0, 0.05) is 6.08 Å². The van der Waals surface area contributed by atoms with Gasteiger partial charge in [0.25, 0.3) is 0 Å². The van der Waals surface area contributed by atoms with Gasteiger partial charge < -0.3 is 0 Å². The van der Waals surface area contributed by atoms with Crippen molar-refractivity contribution in [3.63, 3.8) is 0 Å². The predicted molar refractivity (Wildman–Crippen MR) is 86.8 cm³/mol. The molecule has 0 N–H and O–H groups in total. The van der Waals surface area contributed by atoms with Gasteiger partial charge in [-0.15, -0.1) is 0 Å².